The molecule has 0 saturated carbocycles. The summed E-state index contributed by atoms with van der Waals surface area (Å²) < 4.78 is 38.4. The Bertz CT molecular complexity index is 914. The maximum Gasteiger partial charge on any atom is 0.416 e. The topological polar surface area (TPSA) is 46.2 Å². The van der Waals surface area contributed by atoms with Crippen molar-refractivity contribution in [1.29, 1.82) is 0 Å². The molecule has 4 rings (SSSR count). The van der Waals surface area contributed by atoms with E-state index in [-0.39, 0.29) is 24.0 Å². The molecule has 27 heavy (non-hydrogen) atoms. The lowest BCUT2D eigenvalue weighted by Crippen LogP contribution is -2.38. The lowest BCUT2D eigenvalue weighted by atomic mass is 9.74. The van der Waals surface area contributed by atoms with Gasteiger partial charge in [0.25, 0.3) is 0 Å². The van der Waals surface area contributed by atoms with Gasteiger partial charge in [0.05, 0.1) is 5.56 Å². The Morgan fingerprint density at radius 1 is 1.00 bits per heavy atom. The minimum atomic E-state index is -4.42. The second kappa shape index (κ2) is 6.64. The second-order valence-corrected chi connectivity index (χ2v) is 7.84. The van der Waals surface area contributed by atoms with Crippen molar-refractivity contribution in [3.8, 4) is 0 Å². The highest BCUT2D eigenvalue weighted by atomic mass is 32.1. The predicted octanol–water partition coefficient (Wildman–Crippen LogP) is 4.77. The van der Waals surface area contributed by atoms with Crippen molar-refractivity contribution in [2.45, 2.75) is 37.3 Å². The van der Waals surface area contributed by atoms with Crippen LogP contribution in [-0.4, -0.2) is 11.7 Å². The lowest BCUT2D eigenvalue weighted by molar-refractivity contribution is -0.137. The summed E-state index contributed by atoms with van der Waals surface area (Å²) in [5, 5.41) is 4.77. The normalized spacial score (nSPS) is 23.2. The third-order valence-corrected chi connectivity index (χ3v) is 6.16. The Hall–Kier alpha value is -2.41. The fourth-order valence-electron chi connectivity index (χ4n) is 3.87. The zero-order valence-electron chi connectivity index (χ0n) is 14.2. The molecule has 2 aromatic rings. The van der Waals surface area contributed by atoms with E-state index in [2.05, 4.69) is 5.32 Å². The van der Waals surface area contributed by atoms with Crippen LogP contribution in [-0.2, 0) is 15.8 Å². The molecule has 7 heteroatoms. The maximum atomic E-state index is 12.9. The highest BCUT2D eigenvalue weighted by Crippen LogP contribution is 2.43. The summed E-state index contributed by atoms with van der Waals surface area (Å²) in [6.45, 7) is 0. The minimum Gasteiger partial charge on any atom is -0.329 e. The molecule has 2 heterocycles. The van der Waals surface area contributed by atoms with Crippen LogP contribution >= 0.6 is 11.3 Å². The van der Waals surface area contributed by atoms with E-state index in [4.69, 9.17) is 0 Å². The fraction of sp³-hybridized carbons (Fsp3) is 0.300. The molecular formula is C20H16F3NO2S. The van der Waals surface area contributed by atoms with Gasteiger partial charge in [0.2, 0.25) is 5.91 Å². The zero-order valence-corrected chi connectivity index (χ0v) is 15.0. The molecule has 0 radical (unpaired) electrons. The van der Waals surface area contributed by atoms with Gasteiger partial charge in [0.15, 0.2) is 5.78 Å². The van der Waals surface area contributed by atoms with Gasteiger partial charge < -0.3 is 5.32 Å². The molecule has 2 aliphatic rings. The quantitative estimate of drug-likeness (QED) is 0.802. The van der Waals surface area contributed by atoms with E-state index in [1.807, 2.05) is 17.5 Å². The molecule has 1 aliphatic heterocycles. The van der Waals surface area contributed by atoms with Crippen molar-refractivity contribution in [2.24, 2.45) is 0 Å². The largest absolute Gasteiger partial charge is 0.416 e. The second-order valence-electron chi connectivity index (χ2n) is 6.86. The maximum absolute atomic E-state index is 12.9. The van der Waals surface area contributed by atoms with E-state index in [9.17, 15) is 22.8 Å². The molecule has 1 N–H and O–H groups in total. The van der Waals surface area contributed by atoms with E-state index in [0.717, 1.165) is 17.0 Å². The molecule has 2 atom stereocenters. The number of rotatable bonds is 2. The molecule has 0 bridgehead atoms. The van der Waals surface area contributed by atoms with E-state index in [1.54, 1.807) is 11.3 Å². The molecule has 140 valence electrons. The molecule has 1 aliphatic carbocycles. The number of carbonyl (C=O) groups is 2. The average molecular weight is 391 g/mol. The summed E-state index contributed by atoms with van der Waals surface area (Å²) >= 11 is 1.58. The zero-order chi connectivity index (χ0) is 19.2. The molecule has 0 fully saturated rings. The molecule has 0 unspecified atom stereocenters. The molecular weight excluding hydrogens is 375 g/mol. The number of alkyl halides is 3. The summed E-state index contributed by atoms with van der Waals surface area (Å²) in [7, 11) is 0. The van der Waals surface area contributed by atoms with Gasteiger partial charge in [-0.3, -0.25) is 9.59 Å². The molecule has 0 saturated heterocycles. The Morgan fingerprint density at radius 3 is 2.37 bits per heavy atom. The van der Waals surface area contributed by atoms with Gasteiger partial charge >= 0.3 is 6.18 Å². The summed E-state index contributed by atoms with van der Waals surface area (Å²) in [4.78, 5) is 26.2. The van der Waals surface area contributed by atoms with Gasteiger partial charge in [-0.15, -0.1) is 11.3 Å². The number of thiophene rings is 1. The van der Waals surface area contributed by atoms with E-state index >= 15 is 0 Å². The van der Waals surface area contributed by atoms with Gasteiger partial charge in [-0.05, 0) is 35.6 Å². The number of ketones is 1. The first-order valence-corrected chi connectivity index (χ1v) is 9.47. The van der Waals surface area contributed by atoms with Gasteiger partial charge in [0, 0.05) is 40.8 Å². The Kier molecular flexibility index (Phi) is 4.42. The smallest absolute Gasteiger partial charge is 0.329 e. The number of benzene rings is 1. The van der Waals surface area contributed by atoms with Gasteiger partial charge in [-0.2, -0.15) is 13.2 Å². The third-order valence-electron chi connectivity index (χ3n) is 5.12. The highest BCUT2D eigenvalue weighted by molar-refractivity contribution is 7.10. The van der Waals surface area contributed by atoms with E-state index < -0.39 is 17.7 Å². The van der Waals surface area contributed by atoms with Crippen molar-refractivity contribution in [3.63, 3.8) is 0 Å². The average Bonchev–Trinajstić information content (AvgIpc) is 3.14. The van der Waals surface area contributed by atoms with Crippen LogP contribution in [0, 0.1) is 0 Å². The number of hydrogen-bond donors (Lipinski definition) is 1. The summed E-state index contributed by atoms with van der Waals surface area (Å²) in [6, 6.07) is 8.66. The highest BCUT2D eigenvalue weighted by Gasteiger charge is 2.39. The van der Waals surface area contributed by atoms with Crippen LogP contribution in [0.1, 0.15) is 47.1 Å². The predicted molar refractivity (Wildman–Crippen MR) is 95.3 cm³/mol. The molecule has 1 amide bonds. The van der Waals surface area contributed by atoms with Crippen LogP contribution in [0.25, 0.3) is 0 Å². The summed E-state index contributed by atoms with van der Waals surface area (Å²) in [5.41, 5.74) is 0.981. The van der Waals surface area contributed by atoms with Crippen molar-refractivity contribution < 1.29 is 22.8 Å². The first-order valence-electron chi connectivity index (χ1n) is 8.59. The first kappa shape index (κ1) is 18.0. The number of amides is 1. The molecule has 0 spiro atoms. The lowest BCUT2D eigenvalue weighted by Gasteiger charge is -2.34. The van der Waals surface area contributed by atoms with Crippen LogP contribution in [0.5, 0.6) is 0 Å². The van der Waals surface area contributed by atoms with Crippen LogP contribution in [0.4, 0.5) is 13.2 Å². The van der Waals surface area contributed by atoms with E-state index in [0.29, 0.717) is 29.7 Å². The number of nitrogens with one attached hydrogen (secondary N) is 1. The summed E-state index contributed by atoms with van der Waals surface area (Å²) in [6.07, 6.45) is -3.43. The number of hydrogen-bond acceptors (Lipinski definition) is 3. The summed E-state index contributed by atoms with van der Waals surface area (Å²) in [5.74, 6) is -0.714. The minimum absolute atomic E-state index is 0.0305. The number of allylic oxidation sites excluding steroid dienone is 2. The van der Waals surface area contributed by atoms with Gasteiger partial charge in [0.1, 0.15) is 0 Å². The third kappa shape index (κ3) is 3.43. The first-order chi connectivity index (χ1) is 12.8. The fourth-order valence-corrected chi connectivity index (χ4v) is 4.70. The Morgan fingerprint density at radius 2 is 1.74 bits per heavy atom. The number of carbonyl (C=O) groups excluding carboxylic acids is 2. The van der Waals surface area contributed by atoms with Crippen molar-refractivity contribution in [1.82, 2.24) is 5.32 Å². The van der Waals surface area contributed by atoms with Crippen LogP contribution in [0.3, 0.4) is 0 Å². The van der Waals surface area contributed by atoms with Crippen molar-refractivity contribution >= 4 is 23.0 Å². The Balaban J connectivity index is 1.68. The SMILES string of the molecule is O=C1C[C@@H](c2ccc(C(F)(F)F)cc2)C2=C(C[C@@H](c3cccs3)CC2=O)N1. The Labute approximate surface area is 157 Å². The van der Waals surface area contributed by atoms with Crippen LogP contribution in [0.2, 0.25) is 0 Å². The number of Topliss-reactive ketones (excluding diaryl/α,β-unsaturated/α-hetero) is 1. The standard InChI is InChI=1S/C20H16F3NO2S/c21-20(22,23)13-5-3-11(4-6-13)14-10-18(26)24-15-8-12(9-16(25)19(14)15)17-2-1-7-27-17/h1-7,12,14H,8-10H2,(H,24,26)/t12-,14+/m1/s1. The van der Waals surface area contributed by atoms with Crippen LogP contribution < -0.4 is 5.32 Å². The van der Waals surface area contributed by atoms with Crippen molar-refractivity contribution in [2.75, 3.05) is 0 Å². The molecule has 3 nitrogen and oxygen atoms in total. The van der Waals surface area contributed by atoms with E-state index in [1.165, 1.54) is 12.1 Å². The number of halogens is 3. The molecule has 1 aromatic carbocycles. The van der Waals surface area contributed by atoms with Crippen molar-refractivity contribution in [3.05, 3.63) is 69.1 Å². The van der Waals surface area contributed by atoms with Gasteiger partial charge in [-0.1, -0.05) is 18.2 Å². The van der Waals surface area contributed by atoms with Crippen LogP contribution in [0.15, 0.2) is 53.0 Å². The molecule has 1 aromatic heterocycles. The van der Waals surface area contributed by atoms with Gasteiger partial charge in [-0.25, -0.2) is 0 Å². The monoisotopic (exact) mass is 391 g/mol.